The summed E-state index contributed by atoms with van der Waals surface area (Å²) in [5.41, 5.74) is 3.15. The zero-order valence-corrected chi connectivity index (χ0v) is 14.3. The molecule has 4 aromatic rings. The van der Waals surface area contributed by atoms with Crippen LogP contribution in [-0.4, -0.2) is 16.8 Å². The van der Waals surface area contributed by atoms with Crippen LogP contribution in [0.4, 0.5) is 5.69 Å². The number of fused-ring (bicyclic) bond motifs is 2. The third kappa shape index (κ3) is 2.27. The quantitative estimate of drug-likeness (QED) is 0.492. The highest BCUT2D eigenvalue weighted by atomic mass is 16.2. The monoisotopic (exact) mass is 350 g/mol. The van der Waals surface area contributed by atoms with Gasteiger partial charge in [-0.15, -0.1) is 0 Å². The van der Waals surface area contributed by atoms with Gasteiger partial charge in [-0.25, -0.2) is 4.90 Å². The summed E-state index contributed by atoms with van der Waals surface area (Å²) < 4.78 is 0. The standard InChI is InChI=1S/C23H14N2O2/c26-22-19-14-16-8-4-5-9-18(16)20(15-6-2-1-3-7-15)21(19)23(27)25(22)17-10-12-24-13-11-17/h1-14H. The van der Waals surface area contributed by atoms with Gasteiger partial charge in [-0.2, -0.15) is 0 Å². The number of carbonyl (C=O) groups is 2. The van der Waals surface area contributed by atoms with Crippen LogP contribution < -0.4 is 4.90 Å². The molecule has 0 atom stereocenters. The van der Waals surface area contributed by atoms with Gasteiger partial charge in [-0.1, -0.05) is 54.6 Å². The van der Waals surface area contributed by atoms with Gasteiger partial charge in [-0.3, -0.25) is 14.6 Å². The Labute approximate surface area is 155 Å². The van der Waals surface area contributed by atoms with Crippen molar-refractivity contribution in [1.29, 1.82) is 0 Å². The van der Waals surface area contributed by atoms with Crippen molar-refractivity contribution < 1.29 is 9.59 Å². The Hall–Kier alpha value is -3.79. The van der Waals surface area contributed by atoms with Crippen LogP contribution in [-0.2, 0) is 0 Å². The maximum Gasteiger partial charge on any atom is 0.266 e. The number of rotatable bonds is 2. The number of aromatic nitrogens is 1. The Morgan fingerprint density at radius 3 is 2.19 bits per heavy atom. The van der Waals surface area contributed by atoms with Gasteiger partial charge in [0.25, 0.3) is 11.8 Å². The van der Waals surface area contributed by atoms with E-state index in [9.17, 15) is 9.59 Å². The second kappa shape index (κ2) is 5.88. The Morgan fingerprint density at radius 1 is 0.704 bits per heavy atom. The molecule has 2 amide bonds. The zero-order valence-electron chi connectivity index (χ0n) is 14.3. The van der Waals surface area contributed by atoms with E-state index in [4.69, 9.17) is 0 Å². The largest absolute Gasteiger partial charge is 0.268 e. The summed E-state index contributed by atoms with van der Waals surface area (Å²) in [4.78, 5) is 31.7. The molecule has 128 valence electrons. The van der Waals surface area contributed by atoms with E-state index in [-0.39, 0.29) is 11.8 Å². The molecule has 2 heterocycles. The summed E-state index contributed by atoms with van der Waals surface area (Å²) in [5, 5.41) is 1.90. The van der Waals surface area contributed by atoms with Gasteiger partial charge in [0, 0.05) is 18.0 Å². The normalized spacial score (nSPS) is 13.3. The third-order valence-corrected chi connectivity index (χ3v) is 4.88. The van der Waals surface area contributed by atoms with Crippen LogP contribution in [0.5, 0.6) is 0 Å². The fraction of sp³-hybridized carbons (Fsp3) is 0. The lowest BCUT2D eigenvalue weighted by molar-refractivity contribution is 0.0926. The van der Waals surface area contributed by atoms with E-state index in [2.05, 4.69) is 4.98 Å². The summed E-state index contributed by atoms with van der Waals surface area (Å²) in [7, 11) is 0. The second-order valence-corrected chi connectivity index (χ2v) is 6.41. The van der Waals surface area contributed by atoms with Gasteiger partial charge in [0.15, 0.2) is 0 Å². The molecular formula is C23H14N2O2. The SMILES string of the molecule is O=C1c2cc3ccccc3c(-c3ccccc3)c2C(=O)N1c1ccncc1. The first-order chi connectivity index (χ1) is 13.3. The van der Waals surface area contributed by atoms with E-state index in [1.165, 1.54) is 4.90 Å². The Balaban J connectivity index is 1.84. The van der Waals surface area contributed by atoms with Crippen molar-refractivity contribution in [2.45, 2.75) is 0 Å². The molecule has 0 bridgehead atoms. The summed E-state index contributed by atoms with van der Waals surface area (Å²) in [6, 6.07) is 22.7. The minimum atomic E-state index is -0.302. The Kier molecular flexibility index (Phi) is 3.37. The van der Waals surface area contributed by atoms with Gasteiger partial charge < -0.3 is 0 Å². The predicted molar refractivity (Wildman–Crippen MR) is 105 cm³/mol. The van der Waals surface area contributed by atoms with Crippen LogP contribution in [0.15, 0.2) is 85.2 Å². The molecule has 4 nitrogen and oxygen atoms in total. The number of pyridine rings is 1. The van der Waals surface area contributed by atoms with Crippen molar-refractivity contribution in [1.82, 2.24) is 4.98 Å². The number of benzene rings is 3. The molecule has 0 N–H and O–H groups in total. The molecule has 0 radical (unpaired) electrons. The smallest absolute Gasteiger partial charge is 0.266 e. The molecule has 0 spiro atoms. The molecule has 5 rings (SSSR count). The lowest BCUT2D eigenvalue weighted by atomic mass is 9.90. The average molecular weight is 350 g/mol. The van der Waals surface area contributed by atoms with Gasteiger partial charge in [0.2, 0.25) is 0 Å². The number of amides is 2. The van der Waals surface area contributed by atoms with E-state index in [0.717, 1.165) is 21.9 Å². The zero-order chi connectivity index (χ0) is 18.4. The molecule has 0 saturated carbocycles. The lowest BCUT2D eigenvalue weighted by Crippen LogP contribution is -2.29. The summed E-state index contributed by atoms with van der Waals surface area (Å²) >= 11 is 0. The summed E-state index contributed by atoms with van der Waals surface area (Å²) in [5.74, 6) is -0.602. The van der Waals surface area contributed by atoms with Gasteiger partial charge in [-0.05, 0) is 34.5 Å². The molecule has 0 saturated heterocycles. The number of hydrogen-bond donors (Lipinski definition) is 0. The molecule has 1 aromatic heterocycles. The second-order valence-electron chi connectivity index (χ2n) is 6.41. The van der Waals surface area contributed by atoms with Crippen LogP contribution in [0.25, 0.3) is 21.9 Å². The fourth-order valence-electron chi connectivity index (χ4n) is 3.70. The van der Waals surface area contributed by atoms with E-state index in [0.29, 0.717) is 16.8 Å². The molecule has 27 heavy (non-hydrogen) atoms. The van der Waals surface area contributed by atoms with Crippen LogP contribution >= 0.6 is 0 Å². The molecule has 0 unspecified atom stereocenters. The third-order valence-electron chi connectivity index (χ3n) is 4.88. The van der Waals surface area contributed by atoms with Crippen molar-refractivity contribution in [3.05, 3.63) is 96.3 Å². The topological polar surface area (TPSA) is 50.3 Å². The van der Waals surface area contributed by atoms with Crippen molar-refractivity contribution >= 4 is 28.3 Å². The van der Waals surface area contributed by atoms with Crippen molar-refractivity contribution in [2.24, 2.45) is 0 Å². The molecular weight excluding hydrogens is 336 g/mol. The number of carbonyl (C=O) groups excluding carboxylic acids is 2. The number of hydrogen-bond acceptors (Lipinski definition) is 3. The van der Waals surface area contributed by atoms with E-state index < -0.39 is 0 Å². The first kappa shape index (κ1) is 15.5. The highest BCUT2D eigenvalue weighted by Crippen LogP contribution is 2.40. The Morgan fingerprint density at radius 2 is 1.41 bits per heavy atom. The summed E-state index contributed by atoms with van der Waals surface area (Å²) in [6.07, 6.45) is 3.15. The molecule has 4 heteroatoms. The minimum Gasteiger partial charge on any atom is -0.268 e. The molecule has 0 fully saturated rings. The first-order valence-electron chi connectivity index (χ1n) is 8.65. The highest BCUT2D eigenvalue weighted by Gasteiger charge is 2.39. The molecule has 3 aromatic carbocycles. The Bertz CT molecular complexity index is 1200. The highest BCUT2D eigenvalue weighted by molar-refractivity contribution is 6.37. The maximum atomic E-state index is 13.3. The van der Waals surface area contributed by atoms with Crippen LogP contribution in [0.3, 0.4) is 0 Å². The predicted octanol–water partition coefficient (Wildman–Crippen LogP) is 4.70. The average Bonchev–Trinajstić information content (AvgIpc) is 2.97. The number of imide groups is 1. The molecule has 0 aliphatic carbocycles. The number of anilines is 1. The van der Waals surface area contributed by atoms with Crippen LogP contribution in [0, 0.1) is 0 Å². The maximum absolute atomic E-state index is 13.3. The van der Waals surface area contributed by atoms with Gasteiger partial charge in [0.05, 0.1) is 16.8 Å². The first-order valence-corrected chi connectivity index (χ1v) is 8.65. The van der Waals surface area contributed by atoms with E-state index in [1.54, 1.807) is 24.5 Å². The molecule has 1 aliphatic rings. The van der Waals surface area contributed by atoms with E-state index in [1.807, 2.05) is 60.7 Å². The minimum absolute atomic E-state index is 0.300. The number of nitrogens with zero attached hydrogens (tertiary/aromatic N) is 2. The lowest BCUT2D eigenvalue weighted by Gasteiger charge is -2.14. The van der Waals surface area contributed by atoms with Gasteiger partial charge in [0.1, 0.15) is 0 Å². The van der Waals surface area contributed by atoms with Crippen molar-refractivity contribution in [3.63, 3.8) is 0 Å². The molecule has 1 aliphatic heterocycles. The van der Waals surface area contributed by atoms with Gasteiger partial charge >= 0.3 is 0 Å². The van der Waals surface area contributed by atoms with Crippen molar-refractivity contribution in [2.75, 3.05) is 4.90 Å². The van der Waals surface area contributed by atoms with Crippen LogP contribution in [0.1, 0.15) is 20.7 Å². The van der Waals surface area contributed by atoms with Crippen LogP contribution in [0.2, 0.25) is 0 Å². The fourth-order valence-corrected chi connectivity index (χ4v) is 3.70. The van der Waals surface area contributed by atoms with Crippen molar-refractivity contribution in [3.8, 4) is 11.1 Å². The summed E-state index contributed by atoms with van der Waals surface area (Å²) in [6.45, 7) is 0. The van der Waals surface area contributed by atoms with E-state index >= 15 is 0 Å².